The molecule has 2 aromatic heterocycles. The summed E-state index contributed by atoms with van der Waals surface area (Å²) in [5.41, 5.74) is 5.47. The summed E-state index contributed by atoms with van der Waals surface area (Å²) in [7, 11) is 3.06. The molecule has 4 aromatic rings. The number of aryl methyl sites for hydroxylation is 1. The van der Waals surface area contributed by atoms with Crippen molar-refractivity contribution in [2.75, 3.05) is 14.2 Å². The standard InChI is InChI=1S/C25H25N3O3/c1-18-8-7-9-19(14-18)17-27-21(16-25(30)26(2)31-3)15-23-22(27)12-13-24(29)28(23)20-10-5-4-6-11-20/h4-15H,16-17H2,1-3H3. The molecular weight excluding hydrogens is 390 g/mol. The van der Waals surface area contributed by atoms with E-state index in [-0.39, 0.29) is 17.9 Å². The van der Waals surface area contributed by atoms with Gasteiger partial charge >= 0.3 is 0 Å². The molecule has 0 aliphatic rings. The summed E-state index contributed by atoms with van der Waals surface area (Å²) in [5.74, 6) is -0.163. The van der Waals surface area contributed by atoms with Crippen molar-refractivity contribution in [3.63, 3.8) is 0 Å². The number of hydrogen-bond donors (Lipinski definition) is 0. The highest BCUT2D eigenvalue weighted by Crippen LogP contribution is 2.24. The molecule has 6 nitrogen and oxygen atoms in total. The van der Waals surface area contributed by atoms with Gasteiger partial charge in [0.2, 0.25) is 0 Å². The minimum Gasteiger partial charge on any atom is -0.338 e. The third kappa shape index (κ3) is 4.15. The Morgan fingerprint density at radius 1 is 0.968 bits per heavy atom. The molecule has 0 radical (unpaired) electrons. The molecule has 0 unspecified atom stereocenters. The molecule has 0 bridgehead atoms. The first kappa shape index (κ1) is 20.6. The lowest BCUT2D eigenvalue weighted by molar-refractivity contribution is -0.167. The molecule has 4 rings (SSSR count). The Labute approximate surface area is 180 Å². The van der Waals surface area contributed by atoms with E-state index in [1.165, 1.54) is 17.7 Å². The predicted octanol–water partition coefficient (Wildman–Crippen LogP) is 3.71. The van der Waals surface area contributed by atoms with Crippen LogP contribution in [0.15, 0.2) is 77.6 Å². The second kappa shape index (κ2) is 8.62. The van der Waals surface area contributed by atoms with Crippen LogP contribution in [0.5, 0.6) is 0 Å². The highest BCUT2D eigenvalue weighted by Gasteiger charge is 2.18. The Hall–Kier alpha value is -3.64. The first-order chi connectivity index (χ1) is 15.0. The molecule has 158 valence electrons. The zero-order valence-corrected chi connectivity index (χ0v) is 17.9. The molecule has 0 atom stereocenters. The molecule has 31 heavy (non-hydrogen) atoms. The van der Waals surface area contributed by atoms with E-state index in [1.807, 2.05) is 48.5 Å². The summed E-state index contributed by atoms with van der Waals surface area (Å²) in [6.45, 7) is 2.65. The molecule has 0 spiro atoms. The maximum absolute atomic E-state index is 12.8. The van der Waals surface area contributed by atoms with Crippen LogP contribution in [0, 0.1) is 6.92 Å². The number of benzene rings is 2. The minimum atomic E-state index is -0.163. The number of nitrogens with zero attached hydrogens (tertiary/aromatic N) is 3. The van der Waals surface area contributed by atoms with E-state index in [4.69, 9.17) is 4.84 Å². The normalized spacial score (nSPS) is 11.1. The van der Waals surface area contributed by atoms with Gasteiger partial charge in [0.25, 0.3) is 11.5 Å². The maximum Gasteiger partial charge on any atom is 0.255 e. The van der Waals surface area contributed by atoms with E-state index in [9.17, 15) is 9.59 Å². The highest BCUT2D eigenvalue weighted by atomic mass is 16.7. The van der Waals surface area contributed by atoms with Crippen LogP contribution in [0.2, 0.25) is 0 Å². The summed E-state index contributed by atoms with van der Waals surface area (Å²) < 4.78 is 3.79. The molecule has 0 aliphatic carbocycles. The van der Waals surface area contributed by atoms with Crippen LogP contribution < -0.4 is 5.56 Å². The number of rotatable bonds is 6. The average molecular weight is 415 g/mol. The fraction of sp³-hybridized carbons (Fsp3) is 0.200. The largest absolute Gasteiger partial charge is 0.338 e. The van der Waals surface area contributed by atoms with Crippen molar-refractivity contribution in [2.45, 2.75) is 19.9 Å². The van der Waals surface area contributed by atoms with E-state index >= 15 is 0 Å². The summed E-state index contributed by atoms with van der Waals surface area (Å²) in [4.78, 5) is 30.5. The Bertz CT molecular complexity index is 1290. The van der Waals surface area contributed by atoms with Crippen molar-refractivity contribution in [3.05, 3.63) is 100.0 Å². The SMILES string of the molecule is CON(C)C(=O)Cc1cc2c(ccc(=O)n2-c2ccccc2)n1Cc1cccc(C)c1. The predicted molar refractivity (Wildman–Crippen MR) is 121 cm³/mol. The van der Waals surface area contributed by atoms with Gasteiger partial charge in [0.05, 0.1) is 24.6 Å². The summed E-state index contributed by atoms with van der Waals surface area (Å²) in [6, 6.07) is 23.2. The third-order valence-electron chi connectivity index (χ3n) is 5.44. The molecular formula is C25H25N3O3. The topological polar surface area (TPSA) is 56.5 Å². The lowest BCUT2D eigenvalue weighted by atomic mass is 10.1. The first-order valence-electron chi connectivity index (χ1n) is 10.1. The van der Waals surface area contributed by atoms with Crippen molar-refractivity contribution < 1.29 is 9.63 Å². The van der Waals surface area contributed by atoms with Crippen LogP contribution in [-0.4, -0.2) is 34.3 Å². The van der Waals surface area contributed by atoms with Gasteiger partial charge in [-0.25, -0.2) is 5.06 Å². The van der Waals surface area contributed by atoms with Gasteiger partial charge in [-0.1, -0.05) is 48.0 Å². The van der Waals surface area contributed by atoms with Gasteiger partial charge in [-0.15, -0.1) is 0 Å². The number of hydroxylamine groups is 2. The molecule has 0 fully saturated rings. The van der Waals surface area contributed by atoms with E-state index in [0.29, 0.717) is 6.54 Å². The number of para-hydroxylation sites is 1. The average Bonchev–Trinajstić information content (AvgIpc) is 3.10. The fourth-order valence-corrected chi connectivity index (χ4v) is 3.84. The smallest absolute Gasteiger partial charge is 0.255 e. The van der Waals surface area contributed by atoms with Gasteiger partial charge in [0.1, 0.15) is 0 Å². The summed E-state index contributed by atoms with van der Waals surface area (Å²) in [5, 5.41) is 1.22. The molecule has 0 saturated heterocycles. The van der Waals surface area contributed by atoms with E-state index in [1.54, 1.807) is 17.7 Å². The zero-order valence-electron chi connectivity index (χ0n) is 17.9. The molecule has 2 aromatic carbocycles. The number of carbonyl (C=O) groups is 1. The lowest BCUT2D eigenvalue weighted by Crippen LogP contribution is -2.27. The van der Waals surface area contributed by atoms with Crippen LogP contribution >= 0.6 is 0 Å². The quantitative estimate of drug-likeness (QED) is 0.451. The number of hydrogen-bond acceptors (Lipinski definition) is 3. The van der Waals surface area contributed by atoms with Crippen LogP contribution in [-0.2, 0) is 22.6 Å². The van der Waals surface area contributed by atoms with Crippen molar-refractivity contribution in [3.8, 4) is 5.69 Å². The first-order valence-corrected chi connectivity index (χ1v) is 10.1. The summed E-state index contributed by atoms with van der Waals surface area (Å²) in [6.07, 6.45) is 0.161. The van der Waals surface area contributed by atoms with Gasteiger partial charge < -0.3 is 4.57 Å². The number of fused-ring (bicyclic) bond motifs is 1. The van der Waals surface area contributed by atoms with Crippen LogP contribution in [0.4, 0.5) is 0 Å². The zero-order chi connectivity index (χ0) is 22.0. The van der Waals surface area contributed by atoms with Crippen molar-refractivity contribution in [1.82, 2.24) is 14.2 Å². The van der Waals surface area contributed by atoms with Gasteiger partial charge in [-0.3, -0.25) is 19.0 Å². The number of amides is 1. The second-order valence-electron chi connectivity index (χ2n) is 7.57. The van der Waals surface area contributed by atoms with Gasteiger partial charge in [0, 0.05) is 31.0 Å². The maximum atomic E-state index is 12.8. The van der Waals surface area contributed by atoms with E-state index in [0.717, 1.165) is 28.0 Å². The van der Waals surface area contributed by atoms with Crippen LogP contribution in [0.1, 0.15) is 16.8 Å². The van der Waals surface area contributed by atoms with Crippen LogP contribution in [0.25, 0.3) is 16.7 Å². The second-order valence-corrected chi connectivity index (χ2v) is 7.57. The Morgan fingerprint density at radius 2 is 1.74 bits per heavy atom. The minimum absolute atomic E-state index is 0.113. The number of likely N-dealkylation sites (N-methyl/N-ethyl adjacent to an activating group) is 1. The molecule has 2 heterocycles. The fourth-order valence-electron chi connectivity index (χ4n) is 3.84. The van der Waals surface area contributed by atoms with Gasteiger partial charge in [0.15, 0.2) is 0 Å². The number of aromatic nitrogens is 2. The van der Waals surface area contributed by atoms with Crippen molar-refractivity contribution >= 4 is 16.9 Å². The number of carbonyl (C=O) groups excluding carboxylic acids is 1. The Morgan fingerprint density at radius 3 is 2.45 bits per heavy atom. The number of pyridine rings is 1. The Kier molecular flexibility index (Phi) is 5.73. The molecule has 6 heteroatoms. The van der Waals surface area contributed by atoms with E-state index in [2.05, 4.69) is 29.7 Å². The molecule has 0 aliphatic heterocycles. The van der Waals surface area contributed by atoms with Gasteiger partial charge in [-0.05, 0) is 36.8 Å². The van der Waals surface area contributed by atoms with Crippen molar-refractivity contribution in [2.24, 2.45) is 0 Å². The van der Waals surface area contributed by atoms with Gasteiger partial charge in [-0.2, -0.15) is 0 Å². The van der Waals surface area contributed by atoms with Crippen LogP contribution in [0.3, 0.4) is 0 Å². The lowest BCUT2D eigenvalue weighted by Gasteiger charge is -2.15. The third-order valence-corrected chi connectivity index (χ3v) is 5.44. The molecule has 0 N–H and O–H groups in total. The monoisotopic (exact) mass is 415 g/mol. The Balaban J connectivity index is 1.91. The highest BCUT2D eigenvalue weighted by molar-refractivity contribution is 5.83. The summed E-state index contributed by atoms with van der Waals surface area (Å²) >= 11 is 0. The van der Waals surface area contributed by atoms with Crippen molar-refractivity contribution in [1.29, 1.82) is 0 Å². The molecule has 1 amide bonds. The van der Waals surface area contributed by atoms with E-state index < -0.39 is 0 Å². The molecule has 0 saturated carbocycles.